The molecule has 2 atom stereocenters. The van der Waals surface area contributed by atoms with Crippen molar-refractivity contribution in [2.75, 3.05) is 0 Å². The van der Waals surface area contributed by atoms with Crippen LogP contribution in [0.4, 0.5) is 22.0 Å². The van der Waals surface area contributed by atoms with Gasteiger partial charge < -0.3 is 20.1 Å². The number of carbonyl (C=O) groups excluding carboxylic acids is 1. The van der Waals surface area contributed by atoms with Gasteiger partial charge in [-0.1, -0.05) is 18.2 Å². The first-order valence-electron chi connectivity index (χ1n) is 10.5. The highest BCUT2D eigenvalue weighted by atomic mass is 19.4. The van der Waals surface area contributed by atoms with Crippen molar-refractivity contribution < 1.29 is 36.2 Å². The number of alkyl halides is 3. The second-order valence-corrected chi connectivity index (χ2v) is 7.49. The Kier molecular flexibility index (Phi) is 7.18. The monoisotopic (exact) mass is 503 g/mol. The van der Waals surface area contributed by atoms with Crippen molar-refractivity contribution in [1.82, 2.24) is 15.6 Å². The van der Waals surface area contributed by atoms with E-state index in [9.17, 15) is 26.7 Å². The van der Waals surface area contributed by atoms with Crippen LogP contribution < -0.4 is 20.1 Å². The van der Waals surface area contributed by atoms with Crippen LogP contribution >= 0.6 is 0 Å². The van der Waals surface area contributed by atoms with E-state index in [1.807, 2.05) is 6.07 Å². The summed E-state index contributed by atoms with van der Waals surface area (Å²) < 4.78 is 76.3. The molecule has 2 heterocycles. The fraction of sp³-hybridized carbons (Fsp3) is 0.120. The molecule has 1 unspecified atom stereocenters. The van der Waals surface area contributed by atoms with E-state index >= 15 is 0 Å². The minimum absolute atomic E-state index is 0.113. The van der Waals surface area contributed by atoms with Crippen molar-refractivity contribution in [3.63, 3.8) is 0 Å². The fourth-order valence-electron chi connectivity index (χ4n) is 3.38. The lowest BCUT2D eigenvalue weighted by atomic mass is 10.0. The molecule has 1 amide bonds. The van der Waals surface area contributed by atoms with Gasteiger partial charge in [0.1, 0.15) is 34.9 Å². The number of hydrogen-bond acceptors (Lipinski definition) is 5. The molecule has 1 aliphatic rings. The van der Waals surface area contributed by atoms with Crippen molar-refractivity contribution in [1.29, 1.82) is 0 Å². The van der Waals surface area contributed by atoms with E-state index in [2.05, 4.69) is 20.4 Å². The Bertz CT molecular complexity index is 1300. The molecule has 11 heteroatoms. The number of amides is 1. The summed E-state index contributed by atoms with van der Waals surface area (Å²) in [5.74, 6) is -2.93. The third kappa shape index (κ3) is 6.17. The molecule has 0 aliphatic carbocycles. The van der Waals surface area contributed by atoms with Crippen molar-refractivity contribution in [2.24, 2.45) is 0 Å². The van der Waals surface area contributed by atoms with Crippen LogP contribution in [0.2, 0.25) is 0 Å². The second-order valence-electron chi connectivity index (χ2n) is 7.49. The van der Waals surface area contributed by atoms with E-state index < -0.39 is 41.9 Å². The van der Waals surface area contributed by atoms with Crippen LogP contribution in [0.5, 0.6) is 11.5 Å². The summed E-state index contributed by atoms with van der Waals surface area (Å²) in [6.45, 7) is 0. The number of para-hydroxylation sites is 1. The Morgan fingerprint density at radius 3 is 2.42 bits per heavy atom. The van der Waals surface area contributed by atoms with Crippen LogP contribution in [0.25, 0.3) is 0 Å². The van der Waals surface area contributed by atoms with Gasteiger partial charge in [0.2, 0.25) is 0 Å². The summed E-state index contributed by atoms with van der Waals surface area (Å²) in [4.78, 5) is 16.8. The fourth-order valence-corrected chi connectivity index (χ4v) is 3.38. The Labute approximate surface area is 202 Å². The Balaban J connectivity index is 1.54. The molecule has 2 N–H and O–H groups in total. The van der Waals surface area contributed by atoms with Gasteiger partial charge in [0.15, 0.2) is 6.23 Å². The summed E-state index contributed by atoms with van der Waals surface area (Å²) in [6.07, 6.45) is 0.0502. The number of carbonyl (C=O) groups is 1. The minimum Gasteiger partial charge on any atom is -0.467 e. The molecule has 186 valence electrons. The van der Waals surface area contributed by atoms with Crippen molar-refractivity contribution in [3.8, 4) is 11.5 Å². The van der Waals surface area contributed by atoms with E-state index in [4.69, 9.17) is 4.74 Å². The lowest BCUT2D eigenvalue weighted by molar-refractivity contribution is -0.274. The standard InChI is InChI=1S/C25H18F5N3O3/c26-19-7-4-12-31-23(19)22(18-10-9-17(13-20(18)27)36-25(28,29)30)33-24(34)15-8-11-21(32-14-15)35-16-5-2-1-3-6-16/h1-14,21-22,32H,(H,33,34)/t21-,22?/m0/s1. The molecule has 36 heavy (non-hydrogen) atoms. The lowest BCUT2D eigenvalue weighted by Gasteiger charge is -2.23. The first-order valence-corrected chi connectivity index (χ1v) is 10.5. The average Bonchev–Trinajstić information content (AvgIpc) is 2.83. The predicted octanol–water partition coefficient (Wildman–Crippen LogP) is 4.91. The van der Waals surface area contributed by atoms with E-state index in [1.165, 1.54) is 24.5 Å². The molecule has 1 aromatic heterocycles. The smallest absolute Gasteiger partial charge is 0.467 e. The number of nitrogens with one attached hydrogen (secondary N) is 2. The first kappa shape index (κ1) is 24.7. The van der Waals surface area contributed by atoms with Gasteiger partial charge in [0, 0.05) is 24.0 Å². The van der Waals surface area contributed by atoms with E-state index in [-0.39, 0.29) is 16.8 Å². The largest absolute Gasteiger partial charge is 0.573 e. The van der Waals surface area contributed by atoms with Crippen LogP contribution in [0.1, 0.15) is 17.3 Å². The molecule has 0 saturated heterocycles. The van der Waals surface area contributed by atoms with Gasteiger partial charge in [0.25, 0.3) is 5.91 Å². The van der Waals surface area contributed by atoms with Crippen molar-refractivity contribution >= 4 is 5.91 Å². The van der Waals surface area contributed by atoms with Crippen molar-refractivity contribution in [3.05, 3.63) is 114 Å². The van der Waals surface area contributed by atoms with Crippen LogP contribution in [-0.2, 0) is 4.79 Å². The number of nitrogens with zero attached hydrogens (tertiary/aromatic N) is 1. The number of ether oxygens (including phenoxy) is 2. The zero-order valence-electron chi connectivity index (χ0n) is 18.3. The number of dihydropyridines is 1. The molecule has 2 aromatic carbocycles. The average molecular weight is 503 g/mol. The zero-order valence-corrected chi connectivity index (χ0v) is 18.3. The van der Waals surface area contributed by atoms with E-state index in [0.29, 0.717) is 11.8 Å². The van der Waals surface area contributed by atoms with Crippen LogP contribution in [0.15, 0.2) is 90.8 Å². The lowest BCUT2D eigenvalue weighted by Crippen LogP contribution is -2.36. The highest BCUT2D eigenvalue weighted by Gasteiger charge is 2.32. The van der Waals surface area contributed by atoms with Gasteiger partial charge in [-0.25, -0.2) is 8.78 Å². The van der Waals surface area contributed by atoms with Gasteiger partial charge in [-0.05, 0) is 48.6 Å². The number of hydrogen-bond donors (Lipinski definition) is 2. The molecule has 0 radical (unpaired) electrons. The molecule has 1 aliphatic heterocycles. The highest BCUT2D eigenvalue weighted by Crippen LogP contribution is 2.30. The van der Waals surface area contributed by atoms with Crippen LogP contribution in [0, 0.1) is 11.6 Å². The van der Waals surface area contributed by atoms with E-state index in [1.54, 1.807) is 30.3 Å². The Morgan fingerprint density at radius 2 is 1.78 bits per heavy atom. The third-order valence-corrected chi connectivity index (χ3v) is 4.97. The zero-order chi connectivity index (χ0) is 25.7. The quantitative estimate of drug-likeness (QED) is 0.449. The van der Waals surface area contributed by atoms with Crippen LogP contribution in [-0.4, -0.2) is 23.5 Å². The first-order chi connectivity index (χ1) is 17.2. The summed E-state index contributed by atoms with van der Waals surface area (Å²) in [6, 6.07) is 12.2. The van der Waals surface area contributed by atoms with Crippen LogP contribution in [0.3, 0.4) is 0 Å². The maximum absolute atomic E-state index is 14.8. The second kappa shape index (κ2) is 10.5. The Morgan fingerprint density at radius 1 is 1.00 bits per heavy atom. The third-order valence-electron chi connectivity index (χ3n) is 4.97. The number of halogens is 5. The molecule has 0 fully saturated rings. The summed E-state index contributed by atoms with van der Waals surface area (Å²) in [5, 5.41) is 5.37. The highest BCUT2D eigenvalue weighted by molar-refractivity contribution is 5.96. The molecule has 3 aromatic rings. The topological polar surface area (TPSA) is 72.5 Å². The van der Waals surface area contributed by atoms with Gasteiger partial charge >= 0.3 is 6.36 Å². The number of aromatic nitrogens is 1. The molecule has 0 spiro atoms. The summed E-state index contributed by atoms with van der Waals surface area (Å²) in [5.41, 5.74) is -0.524. The van der Waals surface area contributed by atoms with Gasteiger partial charge in [-0.15, -0.1) is 13.2 Å². The molecule has 6 nitrogen and oxygen atoms in total. The minimum atomic E-state index is -5.02. The molecular weight excluding hydrogens is 485 g/mol. The molecule has 0 bridgehead atoms. The normalized spacial score (nSPS) is 15.9. The molecular formula is C25H18F5N3O3. The van der Waals surface area contributed by atoms with Crippen molar-refractivity contribution in [2.45, 2.75) is 18.6 Å². The Hall–Kier alpha value is -4.41. The van der Waals surface area contributed by atoms with Gasteiger partial charge in [-0.2, -0.15) is 0 Å². The number of rotatable bonds is 7. The predicted molar refractivity (Wildman–Crippen MR) is 118 cm³/mol. The molecule has 0 saturated carbocycles. The SMILES string of the molecule is O=C(NC(c1ccc(OC(F)(F)F)cc1F)c1ncccc1F)C1=CN[C@@H](Oc2ccccc2)C=C1. The number of benzene rings is 2. The maximum Gasteiger partial charge on any atom is 0.573 e. The summed E-state index contributed by atoms with van der Waals surface area (Å²) >= 11 is 0. The number of pyridine rings is 1. The van der Waals surface area contributed by atoms with Gasteiger partial charge in [0.05, 0.1) is 5.57 Å². The molecule has 4 rings (SSSR count). The maximum atomic E-state index is 14.8. The van der Waals surface area contributed by atoms with Gasteiger partial charge in [-0.3, -0.25) is 9.78 Å². The summed E-state index contributed by atoms with van der Waals surface area (Å²) in [7, 11) is 0. The van der Waals surface area contributed by atoms with E-state index in [0.717, 1.165) is 18.2 Å².